The highest BCUT2D eigenvalue weighted by Gasteiger charge is 2.39. The largest absolute Gasteiger partial charge is 0.487 e. The van der Waals surface area contributed by atoms with Gasteiger partial charge in [0.1, 0.15) is 18.5 Å². The summed E-state index contributed by atoms with van der Waals surface area (Å²) in [6.45, 7) is 5.01. The maximum absolute atomic E-state index is 12.4. The molecule has 0 spiro atoms. The van der Waals surface area contributed by atoms with Gasteiger partial charge in [-0.3, -0.25) is 14.4 Å². The van der Waals surface area contributed by atoms with E-state index >= 15 is 0 Å². The molecule has 8 heteroatoms. The average Bonchev–Trinajstić information content (AvgIpc) is 3.33. The second-order valence-corrected chi connectivity index (χ2v) is 13.2. The van der Waals surface area contributed by atoms with E-state index in [1.54, 1.807) is 12.1 Å². The lowest BCUT2D eigenvalue weighted by atomic mass is 9.93. The molecule has 0 saturated heterocycles. The number of esters is 1. The van der Waals surface area contributed by atoms with Crippen molar-refractivity contribution in [2.45, 2.75) is 51.5 Å². The van der Waals surface area contributed by atoms with Crippen molar-refractivity contribution in [3.05, 3.63) is 131 Å². The summed E-state index contributed by atoms with van der Waals surface area (Å²) in [5, 5.41) is 0. The summed E-state index contributed by atoms with van der Waals surface area (Å²) >= 11 is 0. The molecule has 0 amide bonds. The molecule has 0 heterocycles. The number of sulfonamides is 1. The Morgan fingerprint density at radius 3 is 2.05 bits per heavy atom. The van der Waals surface area contributed by atoms with Crippen LogP contribution in [0.5, 0.6) is 5.75 Å². The zero-order chi connectivity index (χ0) is 30.5. The number of hydrogen-bond donors (Lipinski definition) is 1. The summed E-state index contributed by atoms with van der Waals surface area (Å²) in [5.41, 5.74) is 5.51. The SMILES string of the molecule is CC(=O)OC(CN(Cc1ccccc1)C1(C)Cc2ccccc2C1)c1ccc(OCc2ccccc2)c(NS(C)(=O)=O)c1. The second kappa shape index (κ2) is 13.0. The topological polar surface area (TPSA) is 84.9 Å². The van der Waals surface area contributed by atoms with E-state index in [1.165, 1.54) is 18.1 Å². The van der Waals surface area contributed by atoms with Crippen molar-refractivity contribution >= 4 is 21.7 Å². The van der Waals surface area contributed by atoms with Crippen LogP contribution >= 0.6 is 0 Å². The Hall–Kier alpha value is -4.14. The molecule has 0 fully saturated rings. The van der Waals surface area contributed by atoms with Gasteiger partial charge in [0.15, 0.2) is 0 Å². The standard InChI is InChI=1S/C35H38N2O5S/c1-26(38)42-34(29-18-19-33(32(20-29)36-43(3,39)40)41-25-28-14-8-5-9-15-28)24-37(23-27-12-6-4-7-13-27)35(2)21-30-16-10-11-17-31(30)22-35/h4-20,34,36H,21-25H2,1-3H3. The zero-order valence-electron chi connectivity index (χ0n) is 24.8. The fourth-order valence-electron chi connectivity index (χ4n) is 5.79. The van der Waals surface area contributed by atoms with Crippen LogP contribution in [0, 0.1) is 0 Å². The fourth-order valence-corrected chi connectivity index (χ4v) is 6.35. The van der Waals surface area contributed by atoms with Crippen molar-refractivity contribution in [2.24, 2.45) is 0 Å². The Balaban J connectivity index is 1.48. The van der Waals surface area contributed by atoms with Crippen molar-refractivity contribution in [3.63, 3.8) is 0 Å². The molecule has 1 unspecified atom stereocenters. The van der Waals surface area contributed by atoms with Crippen molar-refractivity contribution in [1.29, 1.82) is 0 Å². The Kier molecular flexibility index (Phi) is 9.18. The molecule has 0 bridgehead atoms. The maximum Gasteiger partial charge on any atom is 0.303 e. The number of anilines is 1. The Morgan fingerprint density at radius 1 is 0.884 bits per heavy atom. The maximum atomic E-state index is 12.4. The zero-order valence-corrected chi connectivity index (χ0v) is 25.6. The first-order valence-electron chi connectivity index (χ1n) is 14.4. The number of fused-ring (bicyclic) bond motifs is 1. The van der Waals surface area contributed by atoms with Gasteiger partial charge in [0.05, 0.1) is 11.9 Å². The van der Waals surface area contributed by atoms with Gasteiger partial charge in [-0.25, -0.2) is 8.42 Å². The van der Waals surface area contributed by atoms with E-state index in [1.807, 2.05) is 54.6 Å². The first-order valence-corrected chi connectivity index (χ1v) is 16.3. The van der Waals surface area contributed by atoms with E-state index in [2.05, 4.69) is 52.9 Å². The van der Waals surface area contributed by atoms with E-state index < -0.39 is 22.1 Å². The number of hydrogen-bond acceptors (Lipinski definition) is 6. The molecule has 0 aromatic heterocycles. The molecule has 7 nitrogen and oxygen atoms in total. The van der Waals surface area contributed by atoms with Gasteiger partial charge in [-0.15, -0.1) is 0 Å². The number of ether oxygens (including phenoxy) is 2. The van der Waals surface area contributed by atoms with Crippen LogP contribution in [0.3, 0.4) is 0 Å². The number of nitrogens with zero attached hydrogens (tertiary/aromatic N) is 1. The molecule has 224 valence electrons. The van der Waals surface area contributed by atoms with Crippen LogP contribution in [0.1, 0.15) is 47.8 Å². The molecule has 0 saturated carbocycles. The molecule has 0 aliphatic heterocycles. The second-order valence-electron chi connectivity index (χ2n) is 11.5. The number of benzene rings is 4. The molecule has 1 N–H and O–H groups in total. The first kappa shape index (κ1) is 30.3. The number of nitrogens with one attached hydrogen (secondary N) is 1. The fraction of sp³-hybridized carbons (Fsp3) is 0.286. The van der Waals surface area contributed by atoms with Crippen molar-refractivity contribution in [1.82, 2.24) is 4.90 Å². The number of rotatable bonds is 12. The highest BCUT2D eigenvalue weighted by Crippen LogP contribution is 2.38. The summed E-state index contributed by atoms with van der Waals surface area (Å²) < 4.78 is 39.2. The van der Waals surface area contributed by atoms with Crippen LogP contribution in [0.25, 0.3) is 0 Å². The molecule has 1 aliphatic carbocycles. The van der Waals surface area contributed by atoms with Gasteiger partial charge >= 0.3 is 5.97 Å². The van der Waals surface area contributed by atoms with Gasteiger partial charge in [-0.05, 0) is 59.7 Å². The molecule has 43 heavy (non-hydrogen) atoms. The molecule has 1 aliphatic rings. The van der Waals surface area contributed by atoms with E-state index in [0.717, 1.165) is 30.2 Å². The predicted molar refractivity (Wildman–Crippen MR) is 169 cm³/mol. The van der Waals surface area contributed by atoms with E-state index in [9.17, 15) is 13.2 Å². The van der Waals surface area contributed by atoms with Gasteiger partial charge < -0.3 is 9.47 Å². The van der Waals surface area contributed by atoms with Crippen LogP contribution in [0.4, 0.5) is 5.69 Å². The smallest absolute Gasteiger partial charge is 0.303 e. The van der Waals surface area contributed by atoms with Crippen LogP contribution in [0.2, 0.25) is 0 Å². The summed E-state index contributed by atoms with van der Waals surface area (Å²) in [7, 11) is -3.61. The molecule has 4 aromatic rings. The number of carbonyl (C=O) groups is 1. The van der Waals surface area contributed by atoms with Gasteiger partial charge in [0.25, 0.3) is 0 Å². The van der Waals surface area contributed by atoms with Crippen LogP contribution < -0.4 is 9.46 Å². The molecule has 5 rings (SSSR count). The quantitative estimate of drug-likeness (QED) is 0.193. The minimum Gasteiger partial charge on any atom is -0.487 e. The van der Waals surface area contributed by atoms with Crippen LogP contribution in [0.15, 0.2) is 103 Å². The highest BCUT2D eigenvalue weighted by molar-refractivity contribution is 7.92. The minimum absolute atomic E-state index is 0.218. The normalized spacial score (nSPS) is 14.6. The third-order valence-corrected chi connectivity index (χ3v) is 8.43. The number of carbonyl (C=O) groups excluding carboxylic acids is 1. The summed E-state index contributed by atoms with van der Waals surface area (Å²) in [6, 6.07) is 33.7. The lowest BCUT2D eigenvalue weighted by Crippen LogP contribution is -2.48. The first-order chi connectivity index (χ1) is 20.6. The lowest BCUT2D eigenvalue weighted by Gasteiger charge is -2.40. The highest BCUT2D eigenvalue weighted by atomic mass is 32.2. The Labute approximate surface area is 254 Å². The molecule has 4 aromatic carbocycles. The summed E-state index contributed by atoms with van der Waals surface area (Å²) in [6.07, 6.45) is 2.20. The van der Waals surface area contributed by atoms with E-state index in [0.29, 0.717) is 30.1 Å². The van der Waals surface area contributed by atoms with Crippen molar-refractivity contribution in [2.75, 3.05) is 17.5 Å². The third-order valence-electron chi connectivity index (χ3n) is 7.84. The van der Waals surface area contributed by atoms with Crippen LogP contribution in [-0.4, -0.2) is 37.6 Å². The summed E-state index contributed by atoms with van der Waals surface area (Å²) in [5.74, 6) is -0.0227. The van der Waals surface area contributed by atoms with Gasteiger partial charge in [0, 0.05) is 25.6 Å². The predicted octanol–water partition coefficient (Wildman–Crippen LogP) is 6.30. The van der Waals surface area contributed by atoms with Crippen molar-refractivity contribution in [3.8, 4) is 5.75 Å². The Bertz CT molecular complexity index is 1630. The molecule has 1 atom stereocenters. The monoisotopic (exact) mass is 598 g/mol. The van der Waals surface area contributed by atoms with Crippen LogP contribution in [-0.2, 0) is 45.5 Å². The Morgan fingerprint density at radius 2 is 1.47 bits per heavy atom. The summed E-state index contributed by atoms with van der Waals surface area (Å²) in [4.78, 5) is 14.8. The molecule has 0 radical (unpaired) electrons. The van der Waals surface area contributed by atoms with Crippen molar-refractivity contribution < 1.29 is 22.7 Å². The average molecular weight is 599 g/mol. The lowest BCUT2D eigenvalue weighted by molar-refractivity contribution is -0.148. The van der Waals surface area contributed by atoms with E-state index in [4.69, 9.17) is 9.47 Å². The molecular weight excluding hydrogens is 560 g/mol. The van der Waals surface area contributed by atoms with Gasteiger partial charge in [0.2, 0.25) is 10.0 Å². The molecular formula is C35H38N2O5S. The third kappa shape index (κ3) is 8.03. The van der Waals surface area contributed by atoms with Gasteiger partial charge in [-0.1, -0.05) is 91.0 Å². The minimum atomic E-state index is -3.61. The van der Waals surface area contributed by atoms with E-state index in [-0.39, 0.29) is 12.1 Å². The van der Waals surface area contributed by atoms with Gasteiger partial charge in [-0.2, -0.15) is 0 Å².